The maximum atomic E-state index is 12.2. The van der Waals surface area contributed by atoms with Gasteiger partial charge in [0, 0.05) is 25.4 Å². The van der Waals surface area contributed by atoms with Crippen LogP contribution in [-0.2, 0) is 13.0 Å². The second kappa shape index (κ2) is 8.85. The first-order chi connectivity index (χ1) is 12.7. The Morgan fingerprint density at radius 2 is 1.73 bits per heavy atom. The number of benzene rings is 2. The molecule has 1 heterocycles. The maximum absolute atomic E-state index is 12.2. The molecule has 0 saturated carbocycles. The van der Waals surface area contributed by atoms with Crippen LogP contribution in [0.5, 0.6) is 0 Å². The fourth-order valence-electron chi connectivity index (χ4n) is 2.78. The number of aromatic nitrogens is 2. The van der Waals surface area contributed by atoms with Crippen molar-refractivity contribution in [3.8, 4) is 5.69 Å². The number of carbonyl (C=O) groups excluding carboxylic acids is 1. The van der Waals surface area contributed by atoms with Gasteiger partial charge in [0.15, 0.2) is 0 Å². The van der Waals surface area contributed by atoms with Crippen LogP contribution in [0.15, 0.2) is 73.1 Å². The molecule has 1 aromatic heterocycles. The van der Waals surface area contributed by atoms with Gasteiger partial charge in [-0.1, -0.05) is 48.5 Å². The highest BCUT2D eigenvalue weighted by atomic mass is 16.2. The fourth-order valence-corrected chi connectivity index (χ4v) is 2.78. The standard InChI is InChI=1S/C21H24N4O/c1-24(21(26)22-14-8-11-18-9-4-2-5-10-18)16-19-15-23-25(17-19)20-12-6-3-7-13-20/h2-7,9-10,12-13,15,17H,8,11,14,16H2,1H3,(H,22,26). The van der Waals surface area contributed by atoms with E-state index < -0.39 is 0 Å². The van der Waals surface area contributed by atoms with E-state index in [1.807, 2.05) is 59.4 Å². The summed E-state index contributed by atoms with van der Waals surface area (Å²) in [7, 11) is 1.80. The molecule has 2 aromatic carbocycles. The summed E-state index contributed by atoms with van der Waals surface area (Å²) in [5.41, 5.74) is 3.30. The first-order valence-corrected chi connectivity index (χ1v) is 8.84. The van der Waals surface area contributed by atoms with Crippen LogP contribution in [0.1, 0.15) is 17.5 Å². The topological polar surface area (TPSA) is 50.2 Å². The monoisotopic (exact) mass is 348 g/mol. The van der Waals surface area contributed by atoms with Crippen molar-refractivity contribution in [2.24, 2.45) is 0 Å². The lowest BCUT2D eigenvalue weighted by molar-refractivity contribution is 0.207. The largest absolute Gasteiger partial charge is 0.338 e. The zero-order valence-electron chi connectivity index (χ0n) is 15.0. The van der Waals surface area contributed by atoms with E-state index in [1.165, 1.54) is 5.56 Å². The van der Waals surface area contributed by atoms with E-state index in [0.29, 0.717) is 13.1 Å². The molecule has 26 heavy (non-hydrogen) atoms. The average Bonchev–Trinajstić information content (AvgIpc) is 3.15. The van der Waals surface area contributed by atoms with Crippen LogP contribution in [0.2, 0.25) is 0 Å². The van der Waals surface area contributed by atoms with Crippen LogP contribution in [0.4, 0.5) is 4.79 Å². The van der Waals surface area contributed by atoms with Gasteiger partial charge in [-0.05, 0) is 30.5 Å². The Bertz CT molecular complexity index is 814. The molecule has 1 N–H and O–H groups in total. The number of hydrogen-bond acceptors (Lipinski definition) is 2. The van der Waals surface area contributed by atoms with E-state index in [0.717, 1.165) is 24.1 Å². The third-order valence-electron chi connectivity index (χ3n) is 4.18. The van der Waals surface area contributed by atoms with E-state index in [2.05, 4.69) is 22.5 Å². The van der Waals surface area contributed by atoms with Crippen molar-refractivity contribution in [2.75, 3.05) is 13.6 Å². The Hall–Kier alpha value is -3.08. The summed E-state index contributed by atoms with van der Waals surface area (Å²) in [5, 5.41) is 7.34. The van der Waals surface area contributed by atoms with E-state index in [9.17, 15) is 4.79 Å². The maximum Gasteiger partial charge on any atom is 0.317 e. The van der Waals surface area contributed by atoms with Crippen molar-refractivity contribution >= 4 is 6.03 Å². The number of carbonyl (C=O) groups is 1. The Kier molecular flexibility index (Phi) is 6.04. The van der Waals surface area contributed by atoms with Gasteiger partial charge in [0.05, 0.1) is 18.4 Å². The summed E-state index contributed by atoms with van der Waals surface area (Å²) >= 11 is 0. The van der Waals surface area contributed by atoms with E-state index in [-0.39, 0.29) is 6.03 Å². The van der Waals surface area contributed by atoms with Gasteiger partial charge < -0.3 is 10.2 Å². The smallest absolute Gasteiger partial charge is 0.317 e. The number of aryl methyl sites for hydroxylation is 1. The molecule has 0 radical (unpaired) electrons. The summed E-state index contributed by atoms with van der Waals surface area (Å²) in [6.45, 7) is 1.19. The van der Waals surface area contributed by atoms with Gasteiger partial charge in [0.2, 0.25) is 0 Å². The molecule has 0 aliphatic carbocycles. The minimum atomic E-state index is -0.0643. The second-order valence-electron chi connectivity index (χ2n) is 6.31. The molecular weight excluding hydrogens is 324 g/mol. The zero-order valence-corrected chi connectivity index (χ0v) is 15.0. The van der Waals surface area contributed by atoms with Gasteiger partial charge >= 0.3 is 6.03 Å². The molecule has 0 fully saturated rings. The lowest BCUT2D eigenvalue weighted by Gasteiger charge is -2.17. The molecule has 0 atom stereocenters. The normalized spacial score (nSPS) is 10.5. The Morgan fingerprint density at radius 3 is 2.46 bits per heavy atom. The van der Waals surface area contributed by atoms with Crippen LogP contribution < -0.4 is 5.32 Å². The second-order valence-corrected chi connectivity index (χ2v) is 6.31. The van der Waals surface area contributed by atoms with Crippen LogP contribution >= 0.6 is 0 Å². The summed E-state index contributed by atoms with van der Waals surface area (Å²) in [6, 6.07) is 20.2. The molecule has 134 valence electrons. The van der Waals surface area contributed by atoms with Crippen molar-refractivity contribution < 1.29 is 4.79 Å². The van der Waals surface area contributed by atoms with Crippen molar-refractivity contribution in [2.45, 2.75) is 19.4 Å². The van der Waals surface area contributed by atoms with Gasteiger partial charge in [0.25, 0.3) is 0 Å². The fraction of sp³-hybridized carbons (Fsp3) is 0.238. The number of amides is 2. The van der Waals surface area contributed by atoms with Crippen LogP contribution in [-0.4, -0.2) is 34.3 Å². The molecular formula is C21H24N4O. The van der Waals surface area contributed by atoms with Crippen LogP contribution in [0.25, 0.3) is 5.69 Å². The molecule has 0 saturated heterocycles. The van der Waals surface area contributed by atoms with Crippen molar-refractivity contribution in [1.29, 1.82) is 0 Å². The highest BCUT2D eigenvalue weighted by molar-refractivity contribution is 5.73. The number of hydrogen-bond donors (Lipinski definition) is 1. The lowest BCUT2D eigenvalue weighted by Crippen LogP contribution is -2.37. The first kappa shape index (κ1) is 17.7. The summed E-state index contributed by atoms with van der Waals surface area (Å²) < 4.78 is 1.82. The quantitative estimate of drug-likeness (QED) is 0.663. The summed E-state index contributed by atoms with van der Waals surface area (Å²) in [5.74, 6) is 0. The minimum absolute atomic E-state index is 0.0643. The predicted octanol–water partition coefficient (Wildman–Crippen LogP) is 3.65. The third kappa shape index (κ3) is 4.96. The van der Waals surface area contributed by atoms with Gasteiger partial charge in [0.1, 0.15) is 0 Å². The molecule has 0 bridgehead atoms. The van der Waals surface area contributed by atoms with Crippen molar-refractivity contribution in [1.82, 2.24) is 20.0 Å². The molecule has 0 aliphatic rings. The van der Waals surface area contributed by atoms with Crippen LogP contribution in [0, 0.1) is 0 Å². The number of para-hydroxylation sites is 1. The predicted molar refractivity (Wildman–Crippen MR) is 103 cm³/mol. The zero-order chi connectivity index (χ0) is 18.2. The molecule has 5 nitrogen and oxygen atoms in total. The molecule has 0 aliphatic heterocycles. The van der Waals surface area contributed by atoms with E-state index in [4.69, 9.17) is 0 Å². The van der Waals surface area contributed by atoms with Crippen LogP contribution in [0.3, 0.4) is 0 Å². The summed E-state index contributed by atoms with van der Waals surface area (Å²) in [4.78, 5) is 13.9. The molecule has 5 heteroatoms. The highest BCUT2D eigenvalue weighted by Gasteiger charge is 2.10. The number of rotatable bonds is 7. The molecule has 0 unspecified atom stereocenters. The average molecular weight is 348 g/mol. The van der Waals surface area contributed by atoms with Gasteiger partial charge in [-0.15, -0.1) is 0 Å². The minimum Gasteiger partial charge on any atom is -0.338 e. The van der Waals surface area contributed by atoms with Gasteiger partial charge in [-0.25, -0.2) is 9.48 Å². The number of urea groups is 1. The molecule has 0 spiro atoms. The van der Waals surface area contributed by atoms with E-state index >= 15 is 0 Å². The first-order valence-electron chi connectivity index (χ1n) is 8.84. The Balaban J connectivity index is 1.43. The number of nitrogens with zero attached hydrogens (tertiary/aromatic N) is 3. The highest BCUT2D eigenvalue weighted by Crippen LogP contribution is 2.09. The summed E-state index contributed by atoms with van der Waals surface area (Å²) in [6.07, 6.45) is 5.64. The Labute approximate surface area is 154 Å². The van der Waals surface area contributed by atoms with E-state index in [1.54, 1.807) is 18.1 Å². The van der Waals surface area contributed by atoms with Crippen molar-refractivity contribution in [3.63, 3.8) is 0 Å². The SMILES string of the molecule is CN(Cc1cnn(-c2ccccc2)c1)C(=O)NCCCc1ccccc1. The molecule has 2 amide bonds. The third-order valence-corrected chi connectivity index (χ3v) is 4.18. The molecule has 3 rings (SSSR count). The lowest BCUT2D eigenvalue weighted by atomic mass is 10.1. The number of nitrogens with one attached hydrogen (secondary N) is 1. The molecule has 3 aromatic rings. The van der Waals surface area contributed by atoms with Gasteiger partial charge in [-0.3, -0.25) is 0 Å². The Morgan fingerprint density at radius 1 is 1.04 bits per heavy atom. The van der Waals surface area contributed by atoms with Gasteiger partial charge in [-0.2, -0.15) is 5.10 Å². The van der Waals surface area contributed by atoms with Crippen molar-refractivity contribution in [3.05, 3.63) is 84.2 Å².